The lowest BCUT2D eigenvalue weighted by molar-refractivity contribution is 0.269. The Balaban J connectivity index is 1.50. The summed E-state index contributed by atoms with van der Waals surface area (Å²) in [6.07, 6.45) is 1.85. The third-order valence-corrected chi connectivity index (χ3v) is 6.91. The molecule has 174 valence electrons. The summed E-state index contributed by atoms with van der Waals surface area (Å²) >= 11 is 1.37. The van der Waals surface area contributed by atoms with Crippen molar-refractivity contribution in [2.45, 2.75) is 27.4 Å². The number of rotatable bonds is 6. The second-order valence-electron chi connectivity index (χ2n) is 8.27. The summed E-state index contributed by atoms with van der Waals surface area (Å²) in [5.74, 6) is 1.16. The van der Waals surface area contributed by atoms with Gasteiger partial charge in [-0.25, -0.2) is 9.38 Å². The van der Waals surface area contributed by atoms with Crippen molar-refractivity contribution in [3.63, 3.8) is 0 Å². The number of hydrogen-bond acceptors (Lipinski definition) is 6. The van der Waals surface area contributed by atoms with Gasteiger partial charge in [0.2, 0.25) is 0 Å². The Morgan fingerprint density at radius 1 is 1.06 bits per heavy atom. The Morgan fingerprint density at radius 2 is 1.86 bits per heavy atom. The Kier molecular flexibility index (Phi) is 5.98. The van der Waals surface area contributed by atoms with Crippen LogP contribution in [-0.4, -0.2) is 16.0 Å². The van der Waals surface area contributed by atoms with Crippen LogP contribution >= 0.6 is 11.3 Å². The summed E-state index contributed by atoms with van der Waals surface area (Å²) in [4.78, 5) is 18.6. The topological polar surface area (TPSA) is 76.6 Å². The van der Waals surface area contributed by atoms with Gasteiger partial charge in [-0.1, -0.05) is 35.6 Å². The predicted molar refractivity (Wildman–Crippen MR) is 138 cm³/mol. The zero-order valence-corrected chi connectivity index (χ0v) is 20.5. The highest BCUT2D eigenvalue weighted by Crippen LogP contribution is 2.30. The monoisotopic (exact) mass is 481 g/mol. The SMILES string of the molecule is CCOc1cc(/C=c2\sc3nc4cc(C)c(C)cc4n3c2=O)ccc1OCc1ccccc1C#N. The number of hydrogen-bond donors (Lipinski definition) is 0. The Bertz CT molecular complexity index is 1730. The van der Waals surface area contributed by atoms with Crippen molar-refractivity contribution in [1.29, 1.82) is 5.26 Å². The summed E-state index contributed by atoms with van der Waals surface area (Å²) in [6.45, 7) is 6.72. The average Bonchev–Trinajstić information content (AvgIpc) is 3.34. The second-order valence-corrected chi connectivity index (χ2v) is 9.28. The second kappa shape index (κ2) is 9.24. The van der Waals surface area contributed by atoms with Crippen LogP contribution in [-0.2, 0) is 6.61 Å². The van der Waals surface area contributed by atoms with Crippen LogP contribution in [0.2, 0.25) is 0 Å². The summed E-state index contributed by atoms with van der Waals surface area (Å²) in [5.41, 5.74) is 6.09. The van der Waals surface area contributed by atoms with Crippen molar-refractivity contribution >= 4 is 33.4 Å². The molecule has 0 fully saturated rings. The molecule has 0 atom stereocenters. The van der Waals surface area contributed by atoms with Crippen LogP contribution in [0.4, 0.5) is 0 Å². The molecule has 0 spiro atoms. The molecule has 35 heavy (non-hydrogen) atoms. The Hall–Kier alpha value is -4.15. The zero-order chi connectivity index (χ0) is 24.5. The van der Waals surface area contributed by atoms with Gasteiger partial charge in [0.1, 0.15) is 6.61 Å². The quantitative estimate of drug-likeness (QED) is 0.344. The third kappa shape index (κ3) is 4.25. The molecule has 5 rings (SSSR count). The molecular weight excluding hydrogens is 458 g/mol. The first-order valence-corrected chi connectivity index (χ1v) is 12.1. The first-order chi connectivity index (χ1) is 17.0. The maximum Gasteiger partial charge on any atom is 0.274 e. The number of aryl methyl sites for hydroxylation is 2. The van der Waals surface area contributed by atoms with Gasteiger partial charge in [0.15, 0.2) is 16.5 Å². The minimum absolute atomic E-state index is 0.0813. The standard InChI is InChI=1S/C28H23N3O3S/c1-4-33-25-13-19(9-10-24(25)34-16-21-8-6-5-7-20(21)15-29)14-26-27(32)31-23-12-18(3)17(2)11-22(23)30-28(31)35-26/h5-14H,4,16H2,1-3H3/b26-14-. The third-order valence-electron chi connectivity index (χ3n) is 5.94. The number of nitrogens with zero attached hydrogens (tertiary/aromatic N) is 3. The fourth-order valence-electron chi connectivity index (χ4n) is 3.98. The van der Waals surface area contributed by atoms with Crippen LogP contribution in [0.5, 0.6) is 11.5 Å². The van der Waals surface area contributed by atoms with Crippen molar-refractivity contribution < 1.29 is 9.47 Å². The predicted octanol–water partition coefficient (Wildman–Crippen LogP) is 4.92. The maximum atomic E-state index is 13.2. The highest BCUT2D eigenvalue weighted by atomic mass is 32.1. The largest absolute Gasteiger partial charge is 0.490 e. The van der Waals surface area contributed by atoms with E-state index in [4.69, 9.17) is 9.47 Å². The van der Waals surface area contributed by atoms with E-state index in [1.807, 2.05) is 75.4 Å². The van der Waals surface area contributed by atoms with E-state index in [0.29, 0.717) is 33.2 Å². The lowest BCUT2D eigenvalue weighted by Gasteiger charge is -2.13. The first kappa shape index (κ1) is 22.6. The molecular formula is C28H23N3O3S. The van der Waals surface area contributed by atoms with Gasteiger partial charge in [0.25, 0.3) is 5.56 Å². The van der Waals surface area contributed by atoms with E-state index < -0.39 is 0 Å². The van der Waals surface area contributed by atoms with Gasteiger partial charge in [-0.3, -0.25) is 4.79 Å². The molecule has 2 heterocycles. The summed E-state index contributed by atoms with van der Waals surface area (Å²) < 4.78 is 14.1. The minimum atomic E-state index is -0.0813. The smallest absolute Gasteiger partial charge is 0.274 e. The molecule has 7 heteroatoms. The van der Waals surface area contributed by atoms with Gasteiger partial charge >= 0.3 is 0 Å². The van der Waals surface area contributed by atoms with Gasteiger partial charge in [-0.2, -0.15) is 5.26 Å². The molecule has 0 radical (unpaired) electrons. The number of aromatic nitrogens is 2. The van der Waals surface area contributed by atoms with Gasteiger partial charge in [-0.05, 0) is 73.9 Å². The zero-order valence-electron chi connectivity index (χ0n) is 19.7. The molecule has 3 aromatic carbocycles. The maximum absolute atomic E-state index is 13.2. The fraction of sp³-hybridized carbons (Fsp3) is 0.179. The molecule has 0 saturated carbocycles. The van der Waals surface area contributed by atoms with E-state index in [2.05, 4.69) is 11.1 Å². The molecule has 0 saturated heterocycles. The van der Waals surface area contributed by atoms with E-state index in [0.717, 1.165) is 33.3 Å². The number of thiazole rings is 1. The van der Waals surface area contributed by atoms with E-state index >= 15 is 0 Å². The summed E-state index contributed by atoms with van der Waals surface area (Å²) in [6, 6.07) is 19.2. The van der Waals surface area contributed by atoms with Crippen molar-refractivity contribution in [2.24, 2.45) is 0 Å². The van der Waals surface area contributed by atoms with Crippen LogP contribution in [0, 0.1) is 25.2 Å². The molecule has 0 aliphatic carbocycles. The number of fused-ring (bicyclic) bond motifs is 3. The lowest BCUT2D eigenvalue weighted by atomic mass is 10.1. The fourth-order valence-corrected chi connectivity index (χ4v) is 4.97. The highest BCUT2D eigenvalue weighted by Gasteiger charge is 2.13. The normalized spacial score (nSPS) is 11.8. The molecule has 2 aromatic heterocycles. The van der Waals surface area contributed by atoms with Gasteiger partial charge in [-0.15, -0.1) is 0 Å². The van der Waals surface area contributed by atoms with Gasteiger partial charge < -0.3 is 9.47 Å². The molecule has 0 unspecified atom stereocenters. The molecule has 0 aliphatic rings. The average molecular weight is 482 g/mol. The lowest BCUT2D eigenvalue weighted by Crippen LogP contribution is -2.22. The molecule has 0 aliphatic heterocycles. The number of benzene rings is 3. The van der Waals surface area contributed by atoms with Crippen molar-refractivity contribution in [2.75, 3.05) is 6.61 Å². The van der Waals surface area contributed by atoms with Crippen LogP contribution < -0.4 is 19.6 Å². The summed E-state index contributed by atoms with van der Waals surface area (Å²) in [7, 11) is 0. The number of ether oxygens (including phenoxy) is 2. The van der Waals surface area contributed by atoms with Crippen LogP contribution in [0.25, 0.3) is 22.1 Å². The van der Waals surface area contributed by atoms with Crippen LogP contribution in [0.1, 0.15) is 34.7 Å². The molecule has 0 amide bonds. The molecule has 0 N–H and O–H groups in total. The summed E-state index contributed by atoms with van der Waals surface area (Å²) in [5, 5.41) is 9.31. The van der Waals surface area contributed by atoms with Crippen molar-refractivity contribution in [1.82, 2.24) is 9.38 Å². The molecule has 0 bridgehead atoms. The number of nitriles is 1. The van der Waals surface area contributed by atoms with E-state index in [-0.39, 0.29) is 12.2 Å². The Labute approximate surface area is 206 Å². The van der Waals surface area contributed by atoms with E-state index in [9.17, 15) is 10.1 Å². The first-order valence-electron chi connectivity index (χ1n) is 11.3. The minimum Gasteiger partial charge on any atom is -0.490 e. The van der Waals surface area contributed by atoms with Crippen LogP contribution in [0.3, 0.4) is 0 Å². The molecule has 6 nitrogen and oxygen atoms in total. The van der Waals surface area contributed by atoms with Gasteiger partial charge in [0, 0.05) is 5.56 Å². The number of imidazole rings is 1. The van der Waals surface area contributed by atoms with Crippen molar-refractivity contribution in [3.8, 4) is 17.6 Å². The molecule has 5 aromatic rings. The van der Waals surface area contributed by atoms with Crippen LogP contribution in [0.15, 0.2) is 59.4 Å². The van der Waals surface area contributed by atoms with Gasteiger partial charge in [0.05, 0.1) is 33.8 Å². The highest BCUT2D eigenvalue weighted by molar-refractivity contribution is 7.15. The van der Waals surface area contributed by atoms with Crippen molar-refractivity contribution in [3.05, 3.63) is 97.3 Å². The Morgan fingerprint density at radius 3 is 2.66 bits per heavy atom. The van der Waals surface area contributed by atoms with E-state index in [1.165, 1.54) is 11.3 Å². The van der Waals surface area contributed by atoms with E-state index in [1.54, 1.807) is 10.5 Å².